The van der Waals surface area contributed by atoms with Gasteiger partial charge in [0.15, 0.2) is 5.82 Å². The molecule has 1 aliphatic heterocycles. The highest BCUT2D eigenvalue weighted by Crippen LogP contribution is 2.33. The zero-order valence-corrected chi connectivity index (χ0v) is 15.4. The number of fused-ring (bicyclic) bond motifs is 2. The summed E-state index contributed by atoms with van der Waals surface area (Å²) in [5.41, 5.74) is 2.23. The van der Waals surface area contributed by atoms with Crippen LogP contribution in [0, 0.1) is 5.92 Å². The lowest BCUT2D eigenvalue weighted by molar-refractivity contribution is 0.0705. The van der Waals surface area contributed by atoms with Gasteiger partial charge in [-0.3, -0.25) is 4.79 Å². The summed E-state index contributed by atoms with van der Waals surface area (Å²) in [4.78, 5) is 16.4. The Kier molecular flexibility index (Phi) is 3.95. The maximum Gasteiger partial charge on any atom is 0.255 e. The van der Waals surface area contributed by atoms with Gasteiger partial charge in [-0.05, 0) is 30.7 Å². The van der Waals surface area contributed by atoms with Crippen molar-refractivity contribution in [3.8, 4) is 0 Å². The topological polar surface area (TPSA) is 51.0 Å². The second-order valence-electron chi connectivity index (χ2n) is 7.41. The standard InChI is InChI=1S/C18H24N4OS/c1-11(2)17-20-19-16-9-21(6-7-22(16)17)18(23)14-10-24-15-8-12(3)4-5-13(14)15/h10-12H,4-9H2,1-3H3/t12-/m1/s1. The van der Waals surface area contributed by atoms with Gasteiger partial charge in [0.2, 0.25) is 0 Å². The number of hydrogen-bond donors (Lipinski definition) is 0. The van der Waals surface area contributed by atoms with Gasteiger partial charge in [-0.25, -0.2) is 0 Å². The van der Waals surface area contributed by atoms with Crippen LogP contribution in [0.2, 0.25) is 0 Å². The van der Waals surface area contributed by atoms with Gasteiger partial charge in [0.1, 0.15) is 5.82 Å². The number of carbonyl (C=O) groups is 1. The van der Waals surface area contributed by atoms with Gasteiger partial charge < -0.3 is 9.47 Å². The van der Waals surface area contributed by atoms with Gasteiger partial charge in [-0.15, -0.1) is 21.5 Å². The average molecular weight is 344 g/mol. The normalized spacial score (nSPS) is 20.2. The van der Waals surface area contributed by atoms with E-state index in [0.29, 0.717) is 12.5 Å². The maximum atomic E-state index is 13.0. The van der Waals surface area contributed by atoms with Crippen molar-refractivity contribution in [3.63, 3.8) is 0 Å². The molecule has 0 spiro atoms. The number of aromatic nitrogens is 3. The van der Waals surface area contributed by atoms with Crippen LogP contribution in [0.25, 0.3) is 0 Å². The van der Waals surface area contributed by atoms with Crippen molar-refractivity contribution in [1.29, 1.82) is 0 Å². The minimum Gasteiger partial charge on any atom is -0.329 e. The van der Waals surface area contributed by atoms with E-state index in [0.717, 1.165) is 49.1 Å². The molecule has 0 radical (unpaired) electrons. The first-order valence-electron chi connectivity index (χ1n) is 8.85. The Balaban J connectivity index is 1.56. The highest BCUT2D eigenvalue weighted by molar-refractivity contribution is 7.10. The van der Waals surface area contributed by atoms with Gasteiger partial charge in [-0.2, -0.15) is 0 Å². The summed E-state index contributed by atoms with van der Waals surface area (Å²) in [6.07, 6.45) is 3.36. The summed E-state index contributed by atoms with van der Waals surface area (Å²) >= 11 is 1.76. The highest BCUT2D eigenvalue weighted by Gasteiger charge is 2.29. The van der Waals surface area contributed by atoms with Crippen molar-refractivity contribution < 1.29 is 4.79 Å². The van der Waals surface area contributed by atoms with Crippen LogP contribution in [-0.4, -0.2) is 32.1 Å². The highest BCUT2D eigenvalue weighted by atomic mass is 32.1. The molecule has 4 rings (SSSR count). The van der Waals surface area contributed by atoms with Crippen LogP contribution in [-0.2, 0) is 25.9 Å². The first-order chi connectivity index (χ1) is 11.5. The summed E-state index contributed by atoms with van der Waals surface area (Å²) < 4.78 is 2.18. The largest absolute Gasteiger partial charge is 0.329 e. The van der Waals surface area contributed by atoms with Crippen molar-refractivity contribution in [3.05, 3.63) is 33.0 Å². The molecule has 1 amide bonds. The first kappa shape index (κ1) is 15.8. The lowest BCUT2D eigenvalue weighted by atomic mass is 9.88. The number of thiophene rings is 1. The van der Waals surface area contributed by atoms with Crippen LogP contribution in [0.5, 0.6) is 0 Å². The van der Waals surface area contributed by atoms with Crippen LogP contribution in [0.3, 0.4) is 0 Å². The molecule has 3 heterocycles. The second-order valence-corrected chi connectivity index (χ2v) is 8.37. The zero-order valence-electron chi connectivity index (χ0n) is 14.6. The van der Waals surface area contributed by atoms with Crippen molar-refractivity contribution in [2.45, 2.75) is 59.0 Å². The van der Waals surface area contributed by atoms with Crippen molar-refractivity contribution in [2.75, 3.05) is 6.54 Å². The Hall–Kier alpha value is -1.69. The monoisotopic (exact) mass is 344 g/mol. The molecular formula is C18H24N4OS. The molecule has 2 aliphatic rings. The predicted octanol–water partition coefficient (Wildman–Crippen LogP) is 3.24. The zero-order chi connectivity index (χ0) is 16.8. The van der Waals surface area contributed by atoms with Gasteiger partial charge in [0.25, 0.3) is 5.91 Å². The third-order valence-electron chi connectivity index (χ3n) is 5.22. The fraction of sp³-hybridized carbons (Fsp3) is 0.611. The fourth-order valence-electron chi connectivity index (χ4n) is 3.81. The first-order valence-corrected chi connectivity index (χ1v) is 9.73. The van der Waals surface area contributed by atoms with Crippen molar-refractivity contribution in [1.82, 2.24) is 19.7 Å². The molecule has 2 aromatic rings. The van der Waals surface area contributed by atoms with E-state index >= 15 is 0 Å². The van der Waals surface area contributed by atoms with E-state index < -0.39 is 0 Å². The number of amides is 1. The second kappa shape index (κ2) is 5.99. The number of hydrogen-bond acceptors (Lipinski definition) is 4. The van der Waals surface area contributed by atoms with E-state index in [2.05, 4.69) is 40.9 Å². The Morgan fingerprint density at radius 1 is 1.33 bits per heavy atom. The molecule has 0 fully saturated rings. The van der Waals surface area contributed by atoms with E-state index in [1.165, 1.54) is 16.9 Å². The van der Waals surface area contributed by atoms with Crippen molar-refractivity contribution >= 4 is 17.2 Å². The Morgan fingerprint density at radius 2 is 2.17 bits per heavy atom. The van der Waals surface area contributed by atoms with Gasteiger partial charge in [0.05, 0.1) is 12.1 Å². The molecule has 0 saturated carbocycles. The molecule has 128 valence electrons. The van der Waals surface area contributed by atoms with Crippen molar-refractivity contribution in [2.24, 2.45) is 5.92 Å². The smallest absolute Gasteiger partial charge is 0.255 e. The molecule has 1 atom stereocenters. The lowest BCUT2D eigenvalue weighted by Gasteiger charge is -2.29. The molecule has 0 unspecified atom stereocenters. The lowest BCUT2D eigenvalue weighted by Crippen LogP contribution is -2.39. The van der Waals surface area contributed by atoms with Crippen LogP contribution in [0.1, 0.15) is 65.6 Å². The number of rotatable bonds is 2. The molecule has 1 aliphatic carbocycles. The Labute approximate surface area is 146 Å². The number of carbonyl (C=O) groups excluding carboxylic acids is 1. The van der Waals surface area contributed by atoms with Gasteiger partial charge in [-0.1, -0.05) is 20.8 Å². The predicted molar refractivity (Wildman–Crippen MR) is 94.4 cm³/mol. The minimum atomic E-state index is 0.169. The minimum absolute atomic E-state index is 0.169. The molecule has 0 aromatic carbocycles. The van der Waals surface area contributed by atoms with Gasteiger partial charge >= 0.3 is 0 Å². The molecule has 5 nitrogen and oxygen atoms in total. The molecule has 24 heavy (non-hydrogen) atoms. The third-order valence-corrected chi connectivity index (χ3v) is 6.27. The molecule has 0 N–H and O–H groups in total. The summed E-state index contributed by atoms with van der Waals surface area (Å²) in [6.45, 7) is 8.67. The Morgan fingerprint density at radius 3 is 2.96 bits per heavy atom. The fourth-order valence-corrected chi connectivity index (χ4v) is 5.05. The van der Waals surface area contributed by atoms with E-state index in [-0.39, 0.29) is 5.91 Å². The summed E-state index contributed by atoms with van der Waals surface area (Å²) in [5.74, 6) is 3.21. The maximum absolute atomic E-state index is 13.0. The SMILES string of the molecule is CC(C)c1nnc2n1CCN(C(=O)c1csc3c1CC[C@@H](C)C3)C2. The van der Waals surface area contributed by atoms with E-state index in [1.807, 2.05) is 4.90 Å². The van der Waals surface area contributed by atoms with Crippen LogP contribution in [0.4, 0.5) is 0 Å². The summed E-state index contributed by atoms with van der Waals surface area (Å²) in [6, 6.07) is 0. The van der Waals surface area contributed by atoms with E-state index in [9.17, 15) is 4.79 Å². The van der Waals surface area contributed by atoms with Crippen LogP contribution >= 0.6 is 11.3 Å². The molecular weight excluding hydrogens is 320 g/mol. The van der Waals surface area contributed by atoms with Crippen LogP contribution < -0.4 is 0 Å². The molecule has 2 aromatic heterocycles. The molecule has 6 heteroatoms. The number of nitrogens with zero attached hydrogens (tertiary/aromatic N) is 4. The van der Waals surface area contributed by atoms with Crippen LogP contribution in [0.15, 0.2) is 5.38 Å². The molecule has 0 bridgehead atoms. The quantitative estimate of drug-likeness (QED) is 0.840. The van der Waals surface area contributed by atoms with E-state index in [4.69, 9.17) is 0 Å². The third kappa shape index (κ3) is 2.57. The summed E-state index contributed by atoms with van der Waals surface area (Å²) in [7, 11) is 0. The summed E-state index contributed by atoms with van der Waals surface area (Å²) in [5, 5.41) is 10.7. The van der Waals surface area contributed by atoms with E-state index in [1.54, 1.807) is 11.3 Å². The van der Waals surface area contributed by atoms with Gasteiger partial charge in [0, 0.05) is 29.3 Å². The Bertz CT molecular complexity index is 776. The molecule has 0 saturated heterocycles. The average Bonchev–Trinajstić information content (AvgIpc) is 3.16.